The molecular formula is C20H18F3N5O3. The van der Waals surface area contributed by atoms with Gasteiger partial charge in [-0.2, -0.15) is 18.3 Å². The number of H-pyrrole nitrogens is 1. The first-order valence-corrected chi connectivity index (χ1v) is 9.49. The van der Waals surface area contributed by atoms with E-state index in [1.54, 1.807) is 0 Å². The lowest BCUT2D eigenvalue weighted by molar-refractivity contribution is -0.141. The molecule has 2 heterocycles. The number of nitrogens with one attached hydrogen (secondary N) is 3. The number of hydrogen-bond acceptors (Lipinski definition) is 5. The SMILES string of the molecule is O=C(Nc1cc2cn[nH]c2cc1C(=O)NC1CC(CO)C1)c1cccc(C(F)(F)F)n1. The van der Waals surface area contributed by atoms with Crippen LogP contribution in [0.15, 0.2) is 36.5 Å². The second-order valence-corrected chi connectivity index (χ2v) is 7.41. The Hall–Kier alpha value is -3.47. The molecule has 0 bridgehead atoms. The van der Waals surface area contributed by atoms with Crippen molar-refractivity contribution < 1.29 is 27.9 Å². The highest BCUT2D eigenvalue weighted by molar-refractivity contribution is 6.10. The minimum atomic E-state index is -4.69. The van der Waals surface area contributed by atoms with E-state index >= 15 is 0 Å². The lowest BCUT2D eigenvalue weighted by atomic mass is 9.81. The number of aromatic amines is 1. The second kappa shape index (κ2) is 7.99. The van der Waals surface area contributed by atoms with Gasteiger partial charge in [0.05, 0.1) is 23.0 Å². The zero-order valence-electron chi connectivity index (χ0n) is 16.0. The second-order valence-electron chi connectivity index (χ2n) is 7.41. The predicted octanol–water partition coefficient (Wildman–Crippen LogP) is 2.73. The van der Waals surface area contributed by atoms with Crippen molar-refractivity contribution in [3.63, 3.8) is 0 Å². The fourth-order valence-corrected chi connectivity index (χ4v) is 3.45. The lowest BCUT2D eigenvalue weighted by Gasteiger charge is -2.34. The molecule has 0 radical (unpaired) electrons. The summed E-state index contributed by atoms with van der Waals surface area (Å²) in [4.78, 5) is 28.8. The quantitative estimate of drug-likeness (QED) is 0.493. The number of aliphatic hydroxyl groups is 1. The number of amides is 2. The van der Waals surface area contributed by atoms with Gasteiger partial charge in [0.2, 0.25) is 0 Å². The molecule has 11 heteroatoms. The number of halogens is 3. The van der Waals surface area contributed by atoms with Crippen molar-refractivity contribution in [1.82, 2.24) is 20.5 Å². The summed E-state index contributed by atoms with van der Waals surface area (Å²) in [5.74, 6) is -1.19. The predicted molar refractivity (Wildman–Crippen MR) is 104 cm³/mol. The number of nitrogens with zero attached hydrogens (tertiary/aromatic N) is 2. The van der Waals surface area contributed by atoms with Crippen molar-refractivity contribution in [2.24, 2.45) is 5.92 Å². The minimum absolute atomic E-state index is 0.0533. The zero-order chi connectivity index (χ0) is 22.2. The summed E-state index contributed by atoms with van der Waals surface area (Å²) in [5.41, 5.74) is -0.814. The van der Waals surface area contributed by atoms with Crippen LogP contribution in [0.4, 0.5) is 18.9 Å². The number of rotatable bonds is 5. The number of benzene rings is 1. The van der Waals surface area contributed by atoms with Crippen LogP contribution in [-0.2, 0) is 6.18 Å². The van der Waals surface area contributed by atoms with E-state index in [1.807, 2.05) is 0 Å². The standard InChI is InChI=1S/C20H18F3N5O3/c21-20(22,23)17-3-1-2-14(26-17)19(31)27-16-6-11-8-24-28-15(11)7-13(16)18(30)25-12-4-10(5-12)9-29/h1-3,6-8,10,12,29H,4-5,9H2,(H,24,28)(H,25,30)(H,27,31). The molecule has 1 aromatic carbocycles. The molecule has 8 nitrogen and oxygen atoms in total. The molecule has 0 saturated heterocycles. The first-order chi connectivity index (χ1) is 14.7. The van der Waals surface area contributed by atoms with E-state index < -0.39 is 29.4 Å². The Labute approximate surface area is 173 Å². The van der Waals surface area contributed by atoms with Crippen LogP contribution in [0.2, 0.25) is 0 Å². The van der Waals surface area contributed by atoms with E-state index in [0.29, 0.717) is 23.7 Å². The third-order valence-electron chi connectivity index (χ3n) is 5.17. The average Bonchev–Trinajstić information content (AvgIpc) is 3.16. The van der Waals surface area contributed by atoms with Crippen LogP contribution in [0, 0.1) is 5.92 Å². The van der Waals surface area contributed by atoms with Crippen LogP contribution in [0.25, 0.3) is 10.9 Å². The topological polar surface area (TPSA) is 120 Å². The molecule has 31 heavy (non-hydrogen) atoms. The summed E-state index contributed by atoms with van der Waals surface area (Å²) in [6.07, 6.45) is -1.91. The van der Waals surface area contributed by atoms with E-state index in [9.17, 15) is 22.8 Å². The normalized spacial score (nSPS) is 18.5. The van der Waals surface area contributed by atoms with Gasteiger partial charge in [-0.25, -0.2) is 4.98 Å². The molecule has 0 spiro atoms. The summed E-state index contributed by atoms with van der Waals surface area (Å²) >= 11 is 0. The number of alkyl halides is 3. The van der Waals surface area contributed by atoms with Crippen LogP contribution in [0.1, 0.15) is 39.4 Å². The first-order valence-electron chi connectivity index (χ1n) is 9.49. The molecule has 162 valence electrons. The highest BCUT2D eigenvalue weighted by Crippen LogP contribution is 2.29. The van der Waals surface area contributed by atoms with Gasteiger partial charge in [0.1, 0.15) is 11.4 Å². The van der Waals surface area contributed by atoms with E-state index in [1.165, 1.54) is 18.3 Å². The summed E-state index contributed by atoms with van der Waals surface area (Å²) in [6, 6.07) is 5.93. The van der Waals surface area contributed by atoms with E-state index in [-0.39, 0.29) is 29.8 Å². The number of aromatic nitrogens is 3. The Kier molecular flexibility index (Phi) is 5.36. The summed E-state index contributed by atoms with van der Waals surface area (Å²) < 4.78 is 38.7. The van der Waals surface area contributed by atoms with Gasteiger partial charge >= 0.3 is 6.18 Å². The molecule has 4 N–H and O–H groups in total. The molecule has 4 rings (SSSR count). The fraction of sp³-hybridized carbons (Fsp3) is 0.300. The van der Waals surface area contributed by atoms with Gasteiger partial charge in [-0.05, 0) is 43.0 Å². The lowest BCUT2D eigenvalue weighted by Crippen LogP contribution is -2.45. The summed E-state index contributed by atoms with van der Waals surface area (Å²) in [5, 5.41) is 21.7. The monoisotopic (exact) mass is 433 g/mol. The fourth-order valence-electron chi connectivity index (χ4n) is 3.45. The van der Waals surface area contributed by atoms with E-state index in [4.69, 9.17) is 5.11 Å². The molecule has 1 saturated carbocycles. The Balaban J connectivity index is 1.60. The minimum Gasteiger partial charge on any atom is -0.396 e. The zero-order valence-corrected chi connectivity index (χ0v) is 16.0. The average molecular weight is 433 g/mol. The number of fused-ring (bicyclic) bond motifs is 1. The number of pyridine rings is 1. The summed E-state index contributed by atoms with van der Waals surface area (Å²) in [7, 11) is 0. The van der Waals surface area contributed by atoms with Gasteiger partial charge in [-0.1, -0.05) is 6.07 Å². The largest absolute Gasteiger partial charge is 0.433 e. The van der Waals surface area contributed by atoms with Crippen LogP contribution >= 0.6 is 0 Å². The number of carbonyl (C=O) groups is 2. The Morgan fingerprint density at radius 3 is 2.68 bits per heavy atom. The molecule has 0 unspecified atom stereocenters. The van der Waals surface area contributed by atoms with Crippen LogP contribution in [-0.4, -0.2) is 44.8 Å². The van der Waals surface area contributed by atoms with Crippen molar-refractivity contribution in [3.8, 4) is 0 Å². The van der Waals surface area contributed by atoms with Gasteiger partial charge < -0.3 is 15.7 Å². The molecule has 1 fully saturated rings. The van der Waals surface area contributed by atoms with E-state index in [2.05, 4.69) is 25.8 Å². The molecule has 0 atom stereocenters. The molecule has 1 aliphatic rings. The van der Waals surface area contributed by atoms with Gasteiger partial charge in [0, 0.05) is 18.0 Å². The Morgan fingerprint density at radius 1 is 1.19 bits per heavy atom. The maximum Gasteiger partial charge on any atom is 0.433 e. The maximum absolute atomic E-state index is 12.9. The molecule has 2 aromatic heterocycles. The number of hydrogen-bond donors (Lipinski definition) is 4. The van der Waals surface area contributed by atoms with Crippen LogP contribution in [0.3, 0.4) is 0 Å². The highest BCUT2D eigenvalue weighted by atomic mass is 19.4. The molecule has 1 aliphatic carbocycles. The van der Waals surface area contributed by atoms with Crippen molar-refractivity contribution in [2.45, 2.75) is 25.1 Å². The van der Waals surface area contributed by atoms with Gasteiger partial charge in [-0.3, -0.25) is 14.7 Å². The molecule has 2 amide bonds. The molecule has 0 aliphatic heterocycles. The Bertz CT molecular complexity index is 1140. The first kappa shape index (κ1) is 20.8. The number of aliphatic hydroxyl groups excluding tert-OH is 1. The third kappa shape index (κ3) is 4.36. The van der Waals surface area contributed by atoms with Crippen LogP contribution < -0.4 is 10.6 Å². The van der Waals surface area contributed by atoms with Crippen molar-refractivity contribution >= 4 is 28.4 Å². The number of carbonyl (C=O) groups excluding carboxylic acids is 2. The molecular weight excluding hydrogens is 415 g/mol. The number of anilines is 1. The van der Waals surface area contributed by atoms with E-state index in [0.717, 1.165) is 18.2 Å². The van der Waals surface area contributed by atoms with Crippen molar-refractivity contribution in [3.05, 3.63) is 53.5 Å². The maximum atomic E-state index is 12.9. The van der Waals surface area contributed by atoms with Crippen molar-refractivity contribution in [1.29, 1.82) is 0 Å². The smallest absolute Gasteiger partial charge is 0.396 e. The highest BCUT2D eigenvalue weighted by Gasteiger charge is 2.33. The summed E-state index contributed by atoms with van der Waals surface area (Å²) in [6.45, 7) is 0.0533. The van der Waals surface area contributed by atoms with Gasteiger partial charge in [0.15, 0.2) is 0 Å². The van der Waals surface area contributed by atoms with Gasteiger partial charge in [-0.15, -0.1) is 0 Å². The van der Waals surface area contributed by atoms with Crippen molar-refractivity contribution in [2.75, 3.05) is 11.9 Å². The third-order valence-corrected chi connectivity index (χ3v) is 5.17. The van der Waals surface area contributed by atoms with Gasteiger partial charge in [0.25, 0.3) is 11.8 Å². The Morgan fingerprint density at radius 2 is 1.97 bits per heavy atom. The van der Waals surface area contributed by atoms with Crippen LogP contribution in [0.5, 0.6) is 0 Å². The molecule has 3 aromatic rings.